The van der Waals surface area contributed by atoms with Crippen LogP contribution in [0.4, 0.5) is 22.2 Å². The maximum atomic E-state index is 12.7. The van der Waals surface area contributed by atoms with Crippen molar-refractivity contribution in [3.8, 4) is 17.6 Å². The maximum absolute atomic E-state index is 12.7. The average Bonchev–Trinajstić information content (AvgIpc) is 2.88. The topological polar surface area (TPSA) is 135 Å². The molecule has 0 bridgehead atoms. The molecule has 1 unspecified atom stereocenters. The van der Waals surface area contributed by atoms with Gasteiger partial charge in [0.05, 0.1) is 41.8 Å². The number of carbonyl (C=O) groups is 1. The average molecular weight is 524 g/mol. The van der Waals surface area contributed by atoms with E-state index in [4.69, 9.17) is 9.47 Å². The molecule has 0 spiro atoms. The van der Waals surface area contributed by atoms with E-state index in [1.54, 1.807) is 44.5 Å². The second-order valence-corrected chi connectivity index (χ2v) is 9.84. The van der Waals surface area contributed by atoms with E-state index in [9.17, 15) is 14.1 Å². The fourth-order valence-corrected chi connectivity index (χ4v) is 4.00. The van der Waals surface area contributed by atoms with Crippen LogP contribution in [0.3, 0.4) is 0 Å². The Labute approximate surface area is 216 Å². The van der Waals surface area contributed by atoms with E-state index in [-0.39, 0.29) is 25.2 Å². The van der Waals surface area contributed by atoms with Crippen LogP contribution in [-0.2, 0) is 14.4 Å². The molecule has 3 aromatic rings. The summed E-state index contributed by atoms with van der Waals surface area (Å²) < 4.78 is 25.0. The molecule has 194 valence electrons. The molecule has 3 rings (SSSR count). The second kappa shape index (κ2) is 12.6. The first-order chi connectivity index (χ1) is 17.7. The number of hydrogen-bond donors (Lipinski definition) is 4. The third-order valence-electron chi connectivity index (χ3n) is 4.89. The van der Waals surface area contributed by atoms with Crippen LogP contribution in [0.25, 0.3) is 0 Å². The van der Waals surface area contributed by atoms with E-state index < -0.39 is 15.8 Å². The molecular weight excluding hydrogens is 494 g/mol. The fourth-order valence-electron chi connectivity index (χ4n) is 2.98. The van der Waals surface area contributed by atoms with Crippen molar-refractivity contribution in [2.75, 3.05) is 31.0 Å². The quantitative estimate of drug-likeness (QED) is 0.246. The van der Waals surface area contributed by atoms with E-state index in [0.717, 1.165) is 11.3 Å². The van der Waals surface area contributed by atoms with Gasteiger partial charge >= 0.3 is 6.09 Å². The standard InChI is InChI=1S/C26H29N5O5S/c1-5-36-26(33)31-37(4,34)23-14-10-21(11-15-23)29-25-27-16-20(24(30-25)28-18(2)17-32)9-6-19-7-12-22(35-3)13-8-19/h7-8,10-16,18,32H,4-5,17H2,1-3H3,(H,31,33,34)(H2,27,28,29,30)/t18-,37?/m1/s1. The van der Waals surface area contributed by atoms with Gasteiger partial charge in [-0.15, -0.1) is 0 Å². The summed E-state index contributed by atoms with van der Waals surface area (Å²) in [5.41, 5.74) is 1.97. The van der Waals surface area contributed by atoms with Crippen LogP contribution >= 0.6 is 0 Å². The number of anilines is 3. The summed E-state index contributed by atoms with van der Waals surface area (Å²) in [7, 11) is -1.47. The number of aliphatic hydroxyl groups is 1. The van der Waals surface area contributed by atoms with Gasteiger partial charge in [0.15, 0.2) is 0 Å². The number of carbonyl (C=O) groups excluding carboxylic acids is 1. The molecular formula is C26H29N5O5S. The van der Waals surface area contributed by atoms with Crippen LogP contribution in [0, 0.1) is 11.8 Å². The van der Waals surface area contributed by atoms with Crippen molar-refractivity contribution in [3.63, 3.8) is 0 Å². The van der Waals surface area contributed by atoms with Crippen molar-refractivity contribution < 1.29 is 23.6 Å². The molecule has 1 heterocycles. The molecule has 37 heavy (non-hydrogen) atoms. The van der Waals surface area contributed by atoms with Gasteiger partial charge in [0, 0.05) is 22.2 Å². The Balaban J connectivity index is 1.80. The zero-order chi connectivity index (χ0) is 26.8. The van der Waals surface area contributed by atoms with Crippen LogP contribution in [0.2, 0.25) is 0 Å². The third kappa shape index (κ3) is 7.86. The summed E-state index contributed by atoms with van der Waals surface area (Å²) in [5, 5.41) is 15.7. The number of rotatable bonds is 9. The zero-order valence-electron chi connectivity index (χ0n) is 20.8. The number of benzene rings is 2. The van der Waals surface area contributed by atoms with Crippen molar-refractivity contribution in [3.05, 3.63) is 65.9 Å². The van der Waals surface area contributed by atoms with Gasteiger partial charge in [-0.25, -0.2) is 18.7 Å². The van der Waals surface area contributed by atoms with E-state index in [1.807, 2.05) is 31.2 Å². The second-order valence-electron chi connectivity index (χ2n) is 7.81. The number of ether oxygens (including phenoxy) is 2. The third-order valence-corrected chi connectivity index (χ3v) is 6.42. The molecule has 10 nitrogen and oxygen atoms in total. The van der Waals surface area contributed by atoms with Crippen molar-refractivity contribution in [2.45, 2.75) is 24.8 Å². The largest absolute Gasteiger partial charge is 0.497 e. The highest BCUT2D eigenvalue weighted by atomic mass is 32.2. The van der Waals surface area contributed by atoms with Gasteiger partial charge in [-0.2, -0.15) is 4.98 Å². The van der Waals surface area contributed by atoms with Gasteiger partial charge in [0.2, 0.25) is 5.95 Å². The lowest BCUT2D eigenvalue weighted by Gasteiger charge is -2.15. The SMILES string of the molecule is C=S(=O)(NC(=O)OCC)c1ccc(Nc2ncc(C#Cc3ccc(OC)cc3)c(N[C@H](C)CO)n2)cc1. The van der Waals surface area contributed by atoms with Gasteiger partial charge in [-0.05, 0) is 68.2 Å². The number of aromatic nitrogens is 2. The van der Waals surface area contributed by atoms with Crippen LogP contribution in [-0.4, -0.2) is 57.6 Å². The van der Waals surface area contributed by atoms with Gasteiger partial charge < -0.3 is 25.2 Å². The van der Waals surface area contributed by atoms with Gasteiger partial charge in [0.1, 0.15) is 11.6 Å². The fraction of sp³-hybridized carbons (Fsp3) is 0.231. The van der Waals surface area contributed by atoms with Crippen molar-refractivity contribution in [1.82, 2.24) is 14.7 Å². The molecule has 0 saturated carbocycles. The Morgan fingerprint density at radius 2 is 1.86 bits per heavy atom. The van der Waals surface area contributed by atoms with Crippen LogP contribution in [0.1, 0.15) is 25.0 Å². The first-order valence-electron chi connectivity index (χ1n) is 11.3. The maximum Gasteiger partial charge on any atom is 0.418 e. The molecule has 0 aliphatic heterocycles. The lowest BCUT2D eigenvalue weighted by atomic mass is 10.2. The van der Waals surface area contributed by atoms with E-state index in [2.05, 4.69) is 43.0 Å². The normalized spacial score (nSPS) is 12.8. The highest BCUT2D eigenvalue weighted by Gasteiger charge is 2.13. The van der Waals surface area contributed by atoms with E-state index in [1.165, 1.54) is 0 Å². The molecule has 0 fully saturated rings. The minimum atomic E-state index is -3.07. The molecule has 1 amide bonds. The Bertz CT molecular complexity index is 1380. The first kappa shape index (κ1) is 27.3. The highest BCUT2D eigenvalue weighted by Crippen LogP contribution is 2.20. The Morgan fingerprint density at radius 3 is 2.49 bits per heavy atom. The van der Waals surface area contributed by atoms with Crippen LogP contribution in [0.5, 0.6) is 5.75 Å². The monoisotopic (exact) mass is 523 g/mol. The lowest BCUT2D eigenvalue weighted by Crippen LogP contribution is -2.30. The summed E-state index contributed by atoms with van der Waals surface area (Å²) >= 11 is 0. The number of aliphatic hydroxyl groups excluding tert-OH is 1. The number of nitrogens with zero attached hydrogens (tertiary/aromatic N) is 2. The minimum Gasteiger partial charge on any atom is -0.497 e. The summed E-state index contributed by atoms with van der Waals surface area (Å²) in [5.74, 6) is 11.2. The smallest absolute Gasteiger partial charge is 0.418 e. The van der Waals surface area contributed by atoms with Crippen molar-refractivity contribution in [1.29, 1.82) is 0 Å². The summed E-state index contributed by atoms with van der Waals surface area (Å²) in [4.78, 5) is 20.8. The Hall–Kier alpha value is -4.27. The number of hydrogen-bond acceptors (Lipinski definition) is 9. The Kier molecular flexibility index (Phi) is 9.32. The van der Waals surface area contributed by atoms with E-state index >= 15 is 0 Å². The molecule has 0 aliphatic rings. The number of amides is 1. The minimum absolute atomic E-state index is 0.0935. The molecule has 4 N–H and O–H groups in total. The summed E-state index contributed by atoms with van der Waals surface area (Å²) in [6, 6.07) is 13.6. The van der Waals surface area contributed by atoms with Gasteiger partial charge in [-0.1, -0.05) is 11.8 Å². The Morgan fingerprint density at radius 1 is 1.16 bits per heavy atom. The van der Waals surface area contributed by atoms with Crippen molar-refractivity contribution in [2.24, 2.45) is 0 Å². The lowest BCUT2D eigenvalue weighted by molar-refractivity contribution is 0.159. The molecule has 11 heteroatoms. The molecule has 0 aliphatic carbocycles. The number of nitrogens with one attached hydrogen (secondary N) is 3. The first-order valence-corrected chi connectivity index (χ1v) is 13.1. The summed E-state index contributed by atoms with van der Waals surface area (Å²) in [6.07, 6.45) is 0.781. The van der Waals surface area contributed by atoms with Crippen molar-refractivity contribution >= 4 is 39.1 Å². The van der Waals surface area contributed by atoms with Crippen LogP contribution in [0.15, 0.2) is 59.6 Å². The molecule has 2 atom stereocenters. The van der Waals surface area contributed by atoms with Crippen LogP contribution < -0.4 is 20.1 Å². The highest BCUT2D eigenvalue weighted by molar-refractivity contribution is 7.99. The molecule has 0 radical (unpaired) electrons. The predicted octanol–water partition coefficient (Wildman–Crippen LogP) is 3.16. The summed E-state index contributed by atoms with van der Waals surface area (Å²) in [6.45, 7) is 3.53. The van der Waals surface area contributed by atoms with E-state index in [0.29, 0.717) is 22.0 Å². The molecule has 2 aromatic carbocycles. The predicted molar refractivity (Wildman–Crippen MR) is 145 cm³/mol. The molecule has 0 saturated heterocycles. The van der Waals surface area contributed by atoms with Gasteiger partial charge in [0.25, 0.3) is 0 Å². The molecule has 1 aromatic heterocycles. The van der Waals surface area contributed by atoms with Gasteiger partial charge in [-0.3, -0.25) is 0 Å². The zero-order valence-corrected chi connectivity index (χ0v) is 21.6. The number of methoxy groups -OCH3 is 1.